The van der Waals surface area contributed by atoms with Gasteiger partial charge >= 0.3 is 11.0 Å². The molecule has 1 saturated heterocycles. The minimum Gasteiger partial charge on any atom is -0.421 e. The van der Waals surface area contributed by atoms with Crippen molar-refractivity contribution in [2.45, 2.75) is 30.3 Å². The quantitative estimate of drug-likeness (QED) is 0.731. The Bertz CT molecular complexity index is 467. The highest BCUT2D eigenvalue weighted by molar-refractivity contribution is 8.13. The van der Waals surface area contributed by atoms with Crippen LogP contribution < -0.4 is 5.32 Å². The van der Waals surface area contributed by atoms with Gasteiger partial charge in [-0.2, -0.15) is 26.3 Å². The summed E-state index contributed by atoms with van der Waals surface area (Å²) in [6.07, 6.45) is 4.36. The van der Waals surface area contributed by atoms with Crippen LogP contribution in [0.3, 0.4) is 0 Å². The molecule has 1 heterocycles. The molecule has 0 amide bonds. The summed E-state index contributed by atoms with van der Waals surface area (Å²) in [6, 6.07) is 0. The molecule has 0 saturated carbocycles. The van der Waals surface area contributed by atoms with Crippen LogP contribution in [0.5, 0.6) is 0 Å². The molecule has 21 heavy (non-hydrogen) atoms. The molecule has 0 radical (unpaired) electrons. The molecule has 0 aromatic heterocycles. The summed E-state index contributed by atoms with van der Waals surface area (Å²) < 4.78 is 109. The van der Waals surface area contributed by atoms with Crippen LogP contribution in [0.1, 0.15) is 19.3 Å². The Balaban J connectivity index is 0.000000547. The van der Waals surface area contributed by atoms with E-state index in [-0.39, 0.29) is 0 Å². The van der Waals surface area contributed by atoms with E-state index in [4.69, 9.17) is 0 Å². The van der Waals surface area contributed by atoms with Crippen LogP contribution in [0.15, 0.2) is 0 Å². The normalized spacial score (nSPS) is 17.8. The van der Waals surface area contributed by atoms with Gasteiger partial charge in [-0.3, -0.25) is 0 Å². The van der Waals surface area contributed by atoms with Crippen molar-refractivity contribution in [3.05, 3.63) is 4.13 Å². The van der Waals surface area contributed by atoms with Crippen LogP contribution in [-0.4, -0.2) is 40.9 Å². The van der Waals surface area contributed by atoms with Gasteiger partial charge in [-0.1, -0.05) is 0 Å². The number of sulfonamides is 2. The molecule has 0 bridgehead atoms. The number of rotatable bonds is 2. The van der Waals surface area contributed by atoms with Gasteiger partial charge in [-0.05, 0) is 19.3 Å². The zero-order valence-electron chi connectivity index (χ0n) is 10.3. The molecule has 1 aliphatic heterocycles. The molecular formula is C7H12F6N2O4S2. The van der Waals surface area contributed by atoms with Crippen molar-refractivity contribution >= 4 is 20.0 Å². The highest BCUT2D eigenvalue weighted by atomic mass is 32.3. The molecular weight excluding hydrogens is 354 g/mol. The molecule has 14 heteroatoms. The molecule has 1 rings (SSSR count). The van der Waals surface area contributed by atoms with E-state index < -0.39 is 31.1 Å². The number of nitrogens with two attached hydrogens (primary N) is 1. The Morgan fingerprint density at radius 1 is 0.714 bits per heavy atom. The third-order valence-electron chi connectivity index (χ3n) is 2.10. The fourth-order valence-electron chi connectivity index (χ4n) is 1.11. The Hall–Kier alpha value is -0.600. The minimum absolute atomic E-state index is 0.778. The predicted octanol–water partition coefficient (Wildman–Crippen LogP) is 0.793. The molecule has 6 nitrogen and oxygen atoms in total. The van der Waals surface area contributed by atoms with Crippen molar-refractivity contribution in [1.82, 2.24) is 0 Å². The van der Waals surface area contributed by atoms with Crippen LogP contribution >= 0.6 is 0 Å². The molecule has 1 aliphatic rings. The lowest BCUT2D eigenvalue weighted by atomic mass is 10.2. The number of piperidine rings is 1. The van der Waals surface area contributed by atoms with Gasteiger partial charge in [0.15, 0.2) is 20.0 Å². The number of quaternary nitrogens is 1. The number of nitrogens with zero attached hydrogens (tertiary/aromatic N) is 1. The lowest BCUT2D eigenvalue weighted by Gasteiger charge is -2.22. The van der Waals surface area contributed by atoms with E-state index in [0.29, 0.717) is 0 Å². The van der Waals surface area contributed by atoms with Crippen LogP contribution in [0.2, 0.25) is 0 Å². The summed E-state index contributed by atoms with van der Waals surface area (Å²) >= 11 is 0. The van der Waals surface area contributed by atoms with Crippen LogP contribution in [-0.2, 0) is 20.0 Å². The van der Waals surface area contributed by atoms with Gasteiger partial charge in [0.1, 0.15) is 0 Å². The van der Waals surface area contributed by atoms with E-state index in [1.807, 2.05) is 0 Å². The SMILES string of the molecule is C1CC[NH2+]CC1.O=S(=O)([N-]S(=O)(=O)C(F)(F)F)C(F)(F)F. The minimum atomic E-state index is -6.72. The number of hydrogen-bond acceptors (Lipinski definition) is 4. The standard InChI is InChI=1S/C5H11N.C2F6NO4S2/c1-2-4-6-5-3-1;3-1(4,5)14(10,11)9-15(12,13)2(6,7)8/h6H,1-5H2;/q;-1/p+1. The zero-order valence-corrected chi connectivity index (χ0v) is 11.9. The molecule has 0 aromatic carbocycles. The fourth-order valence-corrected chi connectivity index (χ4v) is 2.82. The molecule has 2 N–H and O–H groups in total. The Morgan fingerprint density at radius 3 is 1.19 bits per heavy atom. The lowest BCUT2D eigenvalue weighted by Crippen LogP contribution is -2.85. The van der Waals surface area contributed by atoms with E-state index in [1.165, 1.54) is 32.4 Å². The van der Waals surface area contributed by atoms with Crippen LogP contribution in [0.4, 0.5) is 26.3 Å². The first-order valence-electron chi connectivity index (χ1n) is 5.39. The van der Waals surface area contributed by atoms with Crippen molar-refractivity contribution < 1.29 is 48.5 Å². The second-order valence-corrected chi connectivity index (χ2v) is 7.27. The molecule has 128 valence electrons. The number of halogens is 6. The van der Waals surface area contributed by atoms with Gasteiger partial charge < -0.3 is 9.44 Å². The largest absolute Gasteiger partial charge is 0.480 e. The maximum atomic E-state index is 11.4. The van der Waals surface area contributed by atoms with Crippen molar-refractivity contribution in [3.8, 4) is 0 Å². The molecule has 0 unspecified atom stereocenters. The average molecular weight is 366 g/mol. The topological polar surface area (TPSA) is 99.0 Å². The first-order valence-corrected chi connectivity index (χ1v) is 8.27. The highest BCUT2D eigenvalue weighted by Gasteiger charge is 2.46. The predicted molar refractivity (Wildman–Crippen MR) is 58.8 cm³/mol. The van der Waals surface area contributed by atoms with Gasteiger partial charge in [0.05, 0.1) is 13.1 Å². The smallest absolute Gasteiger partial charge is 0.421 e. The number of alkyl halides is 6. The third kappa shape index (κ3) is 6.80. The van der Waals surface area contributed by atoms with Crippen molar-refractivity contribution in [2.75, 3.05) is 13.1 Å². The molecule has 0 aliphatic carbocycles. The summed E-state index contributed by atoms with van der Waals surface area (Å²) in [6.45, 7) is 2.75. The fraction of sp³-hybridized carbons (Fsp3) is 1.00. The summed E-state index contributed by atoms with van der Waals surface area (Å²) in [4.78, 5) is 0. The Kier molecular flexibility index (Phi) is 6.90. The average Bonchev–Trinajstić information content (AvgIpc) is 2.27. The highest BCUT2D eigenvalue weighted by Crippen LogP contribution is 2.36. The summed E-state index contributed by atoms with van der Waals surface area (Å²) in [5, 5.41) is 2.39. The third-order valence-corrected chi connectivity index (χ3v) is 4.84. The Labute approximate surface area is 117 Å². The summed E-state index contributed by atoms with van der Waals surface area (Å²) in [5.41, 5.74) is -12.4. The maximum Gasteiger partial charge on any atom is 0.480 e. The van der Waals surface area contributed by atoms with Gasteiger partial charge in [0, 0.05) is 0 Å². The van der Waals surface area contributed by atoms with Crippen molar-refractivity contribution in [2.24, 2.45) is 0 Å². The molecule has 0 spiro atoms. The van der Waals surface area contributed by atoms with E-state index in [0.717, 1.165) is 4.13 Å². The first-order chi connectivity index (χ1) is 9.21. The van der Waals surface area contributed by atoms with E-state index in [9.17, 15) is 43.2 Å². The summed E-state index contributed by atoms with van der Waals surface area (Å²) in [5.74, 6) is 0. The van der Waals surface area contributed by atoms with E-state index in [2.05, 4.69) is 5.32 Å². The number of hydrogen-bond donors (Lipinski definition) is 1. The van der Waals surface area contributed by atoms with Gasteiger partial charge in [0.2, 0.25) is 0 Å². The Morgan fingerprint density at radius 2 is 1.05 bits per heavy atom. The second-order valence-electron chi connectivity index (χ2n) is 3.84. The van der Waals surface area contributed by atoms with Gasteiger partial charge in [-0.25, -0.2) is 16.8 Å². The van der Waals surface area contributed by atoms with Gasteiger partial charge in [-0.15, -0.1) is 0 Å². The maximum absolute atomic E-state index is 11.4. The summed E-state index contributed by atoms with van der Waals surface area (Å²) in [7, 11) is -13.4. The molecule has 1 fully saturated rings. The van der Waals surface area contributed by atoms with Gasteiger partial charge in [0.25, 0.3) is 0 Å². The lowest BCUT2D eigenvalue weighted by molar-refractivity contribution is -0.662. The first kappa shape index (κ1) is 20.4. The zero-order chi connectivity index (χ0) is 16.9. The van der Waals surface area contributed by atoms with Crippen molar-refractivity contribution in [1.29, 1.82) is 0 Å². The van der Waals surface area contributed by atoms with Crippen LogP contribution in [0.25, 0.3) is 4.13 Å². The monoisotopic (exact) mass is 366 g/mol. The van der Waals surface area contributed by atoms with E-state index in [1.54, 1.807) is 0 Å². The molecule has 0 aromatic rings. The van der Waals surface area contributed by atoms with E-state index >= 15 is 0 Å². The van der Waals surface area contributed by atoms with Crippen LogP contribution in [0, 0.1) is 0 Å². The van der Waals surface area contributed by atoms with Crippen molar-refractivity contribution in [3.63, 3.8) is 0 Å². The molecule has 0 atom stereocenters. The second kappa shape index (κ2) is 7.11.